The van der Waals surface area contributed by atoms with Crippen LogP contribution in [0.4, 0.5) is 0 Å². The van der Waals surface area contributed by atoms with Crippen molar-refractivity contribution in [2.75, 3.05) is 13.2 Å². The second-order valence-electron chi connectivity index (χ2n) is 4.80. The predicted molar refractivity (Wildman–Crippen MR) is 70.2 cm³/mol. The fourth-order valence-corrected chi connectivity index (χ4v) is 2.97. The van der Waals surface area contributed by atoms with E-state index in [4.69, 9.17) is 10.2 Å². The number of aliphatic hydroxyl groups is 2. The van der Waals surface area contributed by atoms with Crippen LogP contribution in [0.5, 0.6) is 0 Å². The molecule has 1 aromatic heterocycles. The highest BCUT2D eigenvalue weighted by atomic mass is 32.2. The summed E-state index contributed by atoms with van der Waals surface area (Å²) in [5.41, 5.74) is -1.30. The number of nitrogens with one attached hydrogen (secondary N) is 1. The van der Waals surface area contributed by atoms with Gasteiger partial charge in [-0.15, -0.1) is 0 Å². The van der Waals surface area contributed by atoms with E-state index in [1.165, 1.54) is 13.1 Å². The van der Waals surface area contributed by atoms with Gasteiger partial charge >= 0.3 is 0 Å². The molecule has 0 aliphatic rings. The first-order valence-electron chi connectivity index (χ1n) is 6.07. The largest absolute Gasteiger partial charge is 0.394 e. The summed E-state index contributed by atoms with van der Waals surface area (Å²) in [5.74, 6) is 0.608. The summed E-state index contributed by atoms with van der Waals surface area (Å²) in [6.45, 7) is 4.81. The van der Waals surface area contributed by atoms with Gasteiger partial charge in [-0.25, -0.2) is 13.4 Å². The van der Waals surface area contributed by atoms with Crippen LogP contribution in [0.3, 0.4) is 0 Å². The van der Waals surface area contributed by atoms with Gasteiger partial charge in [-0.05, 0) is 20.3 Å². The van der Waals surface area contributed by atoms with E-state index >= 15 is 0 Å². The fourth-order valence-electron chi connectivity index (χ4n) is 1.57. The number of nitrogens with zero attached hydrogens (tertiary/aromatic N) is 2. The van der Waals surface area contributed by atoms with Crippen LogP contribution in [0, 0.1) is 6.92 Å². The smallest absolute Gasteiger partial charge is 0.260 e. The van der Waals surface area contributed by atoms with Gasteiger partial charge in [0.2, 0.25) is 0 Å². The van der Waals surface area contributed by atoms with Crippen molar-refractivity contribution in [1.29, 1.82) is 0 Å². The maximum absolute atomic E-state index is 12.1. The van der Waals surface area contributed by atoms with Crippen molar-refractivity contribution in [3.05, 3.63) is 12.0 Å². The molecule has 1 heterocycles. The maximum atomic E-state index is 12.1. The molecule has 8 heteroatoms. The molecule has 1 aromatic rings. The van der Waals surface area contributed by atoms with Crippen LogP contribution in [0.1, 0.15) is 26.1 Å². The molecular weight excluding hydrogens is 270 g/mol. The number of aliphatic hydroxyl groups excluding tert-OH is 2. The van der Waals surface area contributed by atoms with Gasteiger partial charge in [-0.3, -0.25) is 0 Å². The number of hydrogen-bond acceptors (Lipinski definition) is 5. The Balaban J connectivity index is 3.04. The van der Waals surface area contributed by atoms with E-state index in [9.17, 15) is 8.42 Å². The minimum atomic E-state index is -3.86. The summed E-state index contributed by atoms with van der Waals surface area (Å²) in [7, 11) is -3.86. The zero-order valence-corrected chi connectivity index (χ0v) is 12.2. The topological polar surface area (TPSA) is 104 Å². The third kappa shape index (κ3) is 3.75. The minimum Gasteiger partial charge on any atom is -0.394 e. The standard InChI is InChI=1S/C11H21N3O4S/c1-4-5-14-6-10(12-9(14)2)19(17,18)13-11(3,7-15)8-16/h6,13,15-16H,4-5,7-8H2,1-3H3. The number of sulfonamides is 1. The number of hydrogen-bond donors (Lipinski definition) is 3. The van der Waals surface area contributed by atoms with Crippen molar-refractivity contribution in [3.8, 4) is 0 Å². The predicted octanol–water partition coefficient (Wildman–Crippen LogP) is -0.377. The summed E-state index contributed by atoms with van der Waals surface area (Å²) >= 11 is 0. The lowest BCUT2D eigenvalue weighted by molar-refractivity contribution is 0.121. The molecule has 0 aliphatic heterocycles. The van der Waals surface area contributed by atoms with Crippen LogP contribution in [0.15, 0.2) is 11.2 Å². The van der Waals surface area contributed by atoms with Crippen molar-refractivity contribution >= 4 is 10.0 Å². The normalized spacial score (nSPS) is 12.9. The number of aromatic nitrogens is 2. The Morgan fingerprint density at radius 1 is 1.42 bits per heavy atom. The average molecular weight is 291 g/mol. The highest BCUT2D eigenvalue weighted by molar-refractivity contribution is 7.89. The average Bonchev–Trinajstić information content (AvgIpc) is 2.72. The molecule has 0 bridgehead atoms. The van der Waals surface area contributed by atoms with Crippen molar-refractivity contribution in [3.63, 3.8) is 0 Å². The third-order valence-corrected chi connectivity index (χ3v) is 4.28. The molecule has 0 unspecified atom stereocenters. The van der Waals surface area contributed by atoms with Crippen molar-refractivity contribution in [2.45, 2.75) is 44.3 Å². The van der Waals surface area contributed by atoms with E-state index in [0.29, 0.717) is 12.4 Å². The molecule has 0 saturated carbocycles. The van der Waals surface area contributed by atoms with Gasteiger partial charge in [0.25, 0.3) is 10.0 Å². The summed E-state index contributed by atoms with van der Waals surface area (Å²) in [4.78, 5) is 4.00. The summed E-state index contributed by atoms with van der Waals surface area (Å²) < 4.78 is 28.3. The first-order valence-corrected chi connectivity index (χ1v) is 7.56. The second-order valence-corrected chi connectivity index (χ2v) is 6.43. The summed E-state index contributed by atoms with van der Waals surface area (Å²) in [6.07, 6.45) is 2.32. The van der Waals surface area contributed by atoms with Gasteiger partial charge < -0.3 is 14.8 Å². The number of imidazole rings is 1. The summed E-state index contributed by atoms with van der Waals surface area (Å²) in [5, 5.41) is 18.1. The van der Waals surface area contributed by atoms with Crippen molar-refractivity contribution < 1.29 is 18.6 Å². The van der Waals surface area contributed by atoms with Gasteiger partial charge in [0.15, 0.2) is 5.03 Å². The van der Waals surface area contributed by atoms with E-state index < -0.39 is 28.8 Å². The fraction of sp³-hybridized carbons (Fsp3) is 0.727. The molecule has 0 spiro atoms. The highest BCUT2D eigenvalue weighted by Crippen LogP contribution is 2.13. The molecule has 3 N–H and O–H groups in total. The van der Waals surface area contributed by atoms with Crippen LogP contribution >= 0.6 is 0 Å². The second kappa shape index (κ2) is 6.00. The van der Waals surface area contributed by atoms with Crippen molar-refractivity contribution in [2.24, 2.45) is 0 Å². The van der Waals surface area contributed by atoms with E-state index in [-0.39, 0.29) is 5.03 Å². The van der Waals surface area contributed by atoms with Crippen molar-refractivity contribution in [1.82, 2.24) is 14.3 Å². The lowest BCUT2D eigenvalue weighted by Gasteiger charge is -2.25. The highest BCUT2D eigenvalue weighted by Gasteiger charge is 2.31. The monoisotopic (exact) mass is 291 g/mol. The van der Waals surface area contributed by atoms with E-state index in [1.54, 1.807) is 11.5 Å². The Bertz CT molecular complexity index is 520. The summed E-state index contributed by atoms with van der Waals surface area (Å²) in [6, 6.07) is 0. The van der Waals surface area contributed by atoms with Crippen LogP contribution in [-0.4, -0.2) is 46.9 Å². The van der Waals surface area contributed by atoms with Gasteiger partial charge in [0.05, 0.1) is 18.8 Å². The molecule has 1 rings (SSSR count). The SMILES string of the molecule is CCCn1cc(S(=O)(=O)NC(C)(CO)CO)nc1C. The van der Waals surface area contributed by atoms with Gasteiger partial charge in [0, 0.05) is 12.7 Å². The lowest BCUT2D eigenvalue weighted by Crippen LogP contribution is -2.51. The van der Waals surface area contributed by atoms with Crippen LogP contribution < -0.4 is 4.72 Å². The molecule has 7 nitrogen and oxygen atoms in total. The molecule has 0 atom stereocenters. The van der Waals surface area contributed by atoms with Gasteiger partial charge in [-0.1, -0.05) is 6.92 Å². The molecule has 0 saturated heterocycles. The quantitative estimate of drug-likeness (QED) is 0.635. The molecule has 110 valence electrons. The Labute approximate surface area is 113 Å². The van der Waals surface area contributed by atoms with Crippen LogP contribution in [-0.2, 0) is 16.6 Å². The third-order valence-electron chi connectivity index (χ3n) is 2.77. The number of aryl methyl sites for hydroxylation is 2. The van der Waals surface area contributed by atoms with E-state index in [2.05, 4.69) is 9.71 Å². The first kappa shape index (κ1) is 16.1. The molecular formula is C11H21N3O4S. The Morgan fingerprint density at radius 3 is 2.47 bits per heavy atom. The first-order chi connectivity index (χ1) is 8.78. The van der Waals surface area contributed by atoms with Crippen LogP contribution in [0.25, 0.3) is 0 Å². The molecule has 0 fully saturated rings. The Kier molecular flexibility index (Phi) is 5.08. The molecule has 0 amide bonds. The Morgan fingerprint density at radius 2 is 2.00 bits per heavy atom. The number of rotatable bonds is 7. The van der Waals surface area contributed by atoms with E-state index in [1.807, 2.05) is 6.92 Å². The molecule has 0 aliphatic carbocycles. The van der Waals surface area contributed by atoms with E-state index in [0.717, 1.165) is 6.42 Å². The molecule has 0 radical (unpaired) electrons. The maximum Gasteiger partial charge on any atom is 0.260 e. The minimum absolute atomic E-state index is 0.105. The molecule has 19 heavy (non-hydrogen) atoms. The van der Waals surface area contributed by atoms with Crippen LogP contribution in [0.2, 0.25) is 0 Å². The van der Waals surface area contributed by atoms with Gasteiger partial charge in [0.1, 0.15) is 5.82 Å². The lowest BCUT2D eigenvalue weighted by atomic mass is 10.1. The zero-order valence-electron chi connectivity index (χ0n) is 11.4. The van der Waals surface area contributed by atoms with Gasteiger partial charge in [-0.2, -0.15) is 4.72 Å². The Hall–Kier alpha value is -0.960. The zero-order chi connectivity index (χ0) is 14.7. The molecule has 0 aromatic carbocycles.